The molecule has 9 nitrogen and oxygen atoms in total. The van der Waals surface area contributed by atoms with Gasteiger partial charge >= 0.3 is 0 Å². The molecule has 0 aromatic rings. The quantitative estimate of drug-likeness (QED) is 0.276. The van der Waals surface area contributed by atoms with E-state index in [-0.39, 0.29) is 11.8 Å². The molecule has 2 aliphatic rings. The second-order valence-corrected chi connectivity index (χ2v) is 10.5. The fraction of sp³-hybridized carbons (Fsp3) is 0.852. The van der Waals surface area contributed by atoms with E-state index in [1.165, 1.54) is 59.4 Å². The molecule has 1 saturated carbocycles. The van der Waals surface area contributed by atoms with Crippen LogP contribution in [0.15, 0.2) is 0 Å². The first-order chi connectivity index (χ1) is 17.3. The predicted octanol–water partition coefficient (Wildman–Crippen LogP) is 3.22. The number of ether oxygens (including phenoxy) is 1. The summed E-state index contributed by atoms with van der Waals surface area (Å²) in [4.78, 5) is 50.3. The van der Waals surface area contributed by atoms with Gasteiger partial charge in [-0.2, -0.15) is 0 Å². The lowest BCUT2D eigenvalue weighted by Crippen LogP contribution is -2.59. The Bertz CT molecular complexity index is 702. The monoisotopic (exact) mass is 508 g/mol. The molecule has 4 amide bonds. The number of carbonyl (C=O) groups excluding carboxylic acids is 4. The number of hydrazine groups is 1. The van der Waals surface area contributed by atoms with Crippen molar-refractivity contribution in [2.24, 2.45) is 11.8 Å². The van der Waals surface area contributed by atoms with Crippen LogP contribution in [0, 0.1) is 11.8 Å². The maximum atomic E-state index is 13.2. The van der Waals surface area contributed by atoms with Gasteiger partial charge in [-0.1, -0.05) is 64.2 Å². The number of hydrogen-bond donors (Lipinski definition) is 3. The minimum Gasteiger partial charge on any atom is -0.381 e. The Morgan fingerprint density at radius 1 is 0.833 bits per heavy atom. The van der Waals surface area contributed by atoms with E-state index in [2.05, 4.69) is 16.1 Å². The topological polar surface area (TPSA) is 117 Å². The molecule has 2 atom stereocenters. The number of amides is 4. The van der Waals surface area contributed by atoms with Crippen LogP contribution in [0.2, 0.25) is 0 Å². The highest BCUT2D eigenvalue weighted by molar-refractivity contribution is 5.91. The van der Waals surface area contributed by atoms with Crippen LogP contribution in [0.4, 0.5) is 0 Å². The zero-order valence-electron chi connectivity index (χ0n) is 22.6. The number of nitrogens with zero attached hydrogens (tertiary/aromatic N) is 1. The van der Waals surface area contributed by atoms with Gasteiger partial charge in [0.05, 0.1) is 0 Å². The van der Waals surface area contributed by atoms with Gasteiger partial charge in [0.25, 0.3) is 5.91 Å². The van der Waals surface area contributed by atoms with Gasteiger partial charge in [-0.15, -0.1) is 0 Å². The van der Waals surface area contributed by atoms with Gasteiger partial charge in [-0.25, -0.2) is 5.01 Å². The lowest BCUT2D eigenvalue weighted by atomic mass is 9.93. The zero-order valence-corrected chi connectivity index (χ0v) is 22.6. The lowest BCUT2D eigenvalue weighted by Gasteiger charge is -2.32. The third kappa shape index (κ3) is 10.8. The second-order valence-electron chi connectivity index (χ2n) is 10.5. The van der Waals surface area contributed by atoms with Gasteiger partial charge in [0.15, 0.2) is 0 Å². The highest BCUT2D eigenvalue weighted by Gasteiger charge is 2.31. The Balaban J connectivity index is 1.98. The Morgan fingerprint density at radius 3 is 1.97 bits per heavy atom. The van der Waals surface area contributed by atoms with Crippen LogP contribution in [0.3, 0.4) is 0 Å². The molecule has 9 heteroatoms. The van der Waals surface area contributed by atoms with Crippen molar-refractivity contribution in [3.05, 3.63) is 0 Å². The molecule has 0 aromatic carbocycles. The standard InChI is InChI=1S/C27H48N4O5/c1-20(32)29-24(14-8-12-22-10-6-4-5-7-11-22)26(34)30-31(21(2)33)25(27(35)28-3)15-9-13-23-16-18-36-19-17-23/h22-25H,4-19H2,1-3H3,(H,28,35)(H,29,32)(H,30,34). The number of carbonyl (C=O) groups is 4. The normalized spacial score (nSPS) is 19.0. The minimum absolute atomic E-state index is 0.293. The van der Waals surface area contributed by atoms with Crippen LogP contribution in [-0.2, 0) is 23.9 Å². The molecule has 0 spiro atoms. The van der Waals surface area contributed by atoms with E-state index in [4.69, 9.17) is 4.74 Å². The summed E-state index contributed by atoms with van der Waals surface area (Å²) in [7, 11) is 1.53. The third-order valence-corrected chi connectivity index (χ3v) is 7.64. The largest absolute Gasteiger partial charge is 0.381 e. The molecular formula is C27H48N4O5. The van der Waals surface area contributed by atoms with Crippen molar-refractivity contribution >= 4 is 23.6 Å². The molecule has 0 aromatic heterocycles. The number of hydrogen-bond acceptors (Lipinski definition) is 5. The number of nitrogens with one attached hydrogen (secondary N) is 3. The Hall–Kier alpha value is -2.16. The van der Waals surface area contributed by atoms with E-state index in [1.54, 1.807) is 0 Å². The third-order valence-electron chi connectivity index (χ3n) is 7.64. The van der Waals surface area contributed by atoms with E-state index in [0.29, 0.717) is 24.7 Å². The molecule has 1 aliphatic heterocycles. The van der Waals surface area contributed by atoms with Gasteiger partial charge in [0, 0.05) is 34.1 Å². The van der Waals surface area contributed by atoms with Crippen LogP contribution in [0.1, 0.15) is 104 Å². The molecule has 1 aliphatic carbocycles. The first kappa shape index (κ1) is 30.1. The van der Waals surface area contributed by atoms with Crippen molar-refractivity contribution < 1.29 is 23.9 Å². The van der Waals surface area contributed by atoms with Crippen molar-refractivity contribution in [2.75, 3.05) is 20.3 Å². The Morgan fingerprint density at radius 2 is 1.42 bits per heavy atom. The number of likely N-dealkylation sites (N-methyl/N-ethyl adjacent to an activating group) is 1. The Kier molecular flexibility index (Phi) is 13.8. The summed E-state index contributed by atoms with van der Waals surface area (Å²) in [5.41, 5.74) is 2.67. The average molecular weight is 509 g/mol. The second kappa shape index (κ2) is 16.6. The van der Waals surface area contributed by atoms with Gasteiger partial charge in [0.2, 0.25) is 17.7 Å². The average Bonchev–Trinajstić information content (AvgIpc) is 3.13. The molecule has 2 rings (SSSR count). The summed E-state index contributed by atoms with van der Waals surface area (Å²) in [6.45, 7) is 4.26. The van der Waals surface area contributed by atoms with E-state index < -0.39 is 23.9 Å². The minimum atomic E-state index is -0.805. The summed E-state index contributed by atoms with van der Waals surface area (Å²) < 4.78 is 5.42. The fourth-order valence-electron chi connectivity index (χ4n) is 5.53. The first-order valence-corrected chi connectivity index (χ1v) is 14.0. The maximum absolute atomic E-state index is 13.2. The van der Waals surface area contributed by atoms with Crippen molar-refractivity contribution in [1.29, 1.82) is 0 Å². The fourth-order valence-corrected chi connectivity index (χ4v) is 5.53. The number of rotatable bonds is 12. The van der Waals surface area contributed by atoms with Gasteiger partial charge in [0.1, 0.15) is 12.1 Å². The van der Waals surface area contributed by atoms with Gasteiger partial charge < -0.3 is 15.4 Å². The highest BCUT2D eigenvalue weighted by Crippen LogP contribution is 2.27. The lowest BCUT2D eigenvalue weighted by molar-refractivity contribution is -0.149. The predicted molar refractivity (Wildman–Crippen MR) is 139 cm³/mol. The van der Waals surface area contributed by atoms with Crippen LogP contribution in [0.25, 0.3) is 0 Å². The zero-order chi connectivity index (χ0) is 26.3. The van der Waals surface area contributed by atoms with E-state index in [9.17, 15) is 19.2 Å². The van der Waals surface area contributed by atoms with E-state index in [0.717, 1.165) is 56.7 Å². The van der Waals surface area contributed by atoms with E-state index in [1.807, 2.05) is 0 Å². The van der Waals surface area contributed by atoms with Crippen LogP contribution in [-0.4, -0.2) is 61.0 Å². The molecule has 206 valence electrons. The highest BCUT2D eigenvalue weighted by atomic mass is 16.5. The Labute approximate surface area is 216 Å². The van der Waals surface area contributed by atoms with Crippen LogP contribution >= 0.6 is 0 Å². The van der Waals surface area contributed by atoms with Crippen molar-refractivity contribution in [3.8, 4) is 0 Å². The molecule has 2 fully saturated rings. The molecule has 0 bridgehead atoms. The van der Waals surface area contributed by atoms with Crippen molar-refractivity contribution in [2.45, 2.75) is 116 Å². The van der Waals surface area contributed by atoms with Crippen LogP contribution < -0.4 is 16.1 Å². The summed E-state index contributed by atoms with van der Waals surface area (Å²) in [5.74, 6) is -0.249. The molecular weight excluding hydrogens is 460 g/mol. The maximum Gasteiger partial charge on any atom is 0.261 e. The molecule has 2 unspecified atom stereocenters. The molecule has 1 saturated heterocycles. The summed E-state index contributed by atoms with van der Waals surface area (Å²) in [6.07, 6.45) is 14.1. The first-order valence-electron chi connectivity index (χ1n) is 14.0. The SMILES string of the molecule is CNC(=O)C(CCCC1CCOCC1)N(NC(=O)C(CCCC1CCCCCC1)NC(C)=O)C(C)=O. The molecule has 1 heterocycles. The summed E-state index contributed by atoms with van der Waals surface area (Å²) in [5, 5.41) is 6.51. The molecule has 36 heavy (non-hydrogen) atoms. The molecule has 0 radical (unpaired) electrons. The van der Waals surface area contributed by atoms with Crippen molar-refractivity contribution in [3.63, 3.8) is 0 Å². The van der Waals surface area contributed by atoms with E-state index >= 15 is 0 Å². The molecule has 3 N–H and O–H groups in total. The van der Waals surface area contributed by atoms with Gasteiger partial charge in [-0.05, 0) is 37.5 Å². The van der Waals surface area contributed by atoms with Crippen LogP contribution in [0.5, 0.6) is 0 Å². The smallest absolute Gasteiger partial charge is 0.261 e. The van der Waals surface area contributed by atoms with Crippen molar-refractivity contribution in [1.82, 2.24) is 21.1 Å². The van der Waals surface area contributed by atoms with Gasteiger partial charge in [-0.3, -0.25) is 24.6 Å². The summed E-state index contributed by atoms with van der Waals surface area (Å²) >= 11 is 0. The summed E-state index contributed by atoms with van der Waals surface area (Å²) in [6, 6.07) is -1.55.